The molecule has 0 aromatic heterocycles. The van der Waals surface area contributed by atoms with Gasteiger partial charge in [-0.05, 0) is 52.2 Å². The first-order valence-corrected chi connectivity index (χ1v) is 19.9. The van der Waals surface area contributed by atoms with Gasteiger partial charge in [-0.25, -0.2) is 26.3 Å². The highest BCUT2D eigenvalue weighted by Gasteiger charge is 2.70. The van der Waals surface area contributed by atoms with Gasteiger partial charge in [0, 0.05) is 49.2 Å². The second-order valence-corrected chi connectivity index (χ2v) is 19.7. The lowest BCUT2D eigenvalue weighted by Crippen LogP contribution is -2.62. The van der Waals surface area contributed by atoms with E-state index in [1.807, 2.05) is 34.6 Å². The van der Waals surface area contributed by atoms with E-state index in [1.54, 1.807) is 39.0 Å². The number of amides is 5. The van der Waals surface area contributed by atoms with E-state index in [1.165, 1.54) is 11.9 Å². The molecule has 1 aromatic rings. The Balaban J connectivity index is 1.80. The normalized spacial score (nSPS) is 21.6. The molecule has 52 heavy (non-hydrogen) atoms. The molecule has 6 atom stereocenters. The molecule has 17 heteroatoms. The number of rotatable bonds is 14. The Labute approximate surface area is 316 Å². The van der Waals surface area contributed by atoms with Crippen molar-refractivity contribution in [2.24, 2.45) is 28.1 Å². The number of urea groups is 1. The highest BCUT2D eigenvalue weighted by atomic mass is 35.5. The largest absolute Gasteiger partial charge is 0.354 e. The van der Waals surface area contributed by atoms with Crippen molar-refractivity contribution in [1.29, 1.82) is 0 Å². The standard InChI is InChI=1S/C35H54Cl2F2N6O6S/c1-33(2,3)24(18-44(9)52(10,50)51)42-32(49)43-28(34(4,5)6)31(48)45-17-21-26(35(21,7)8)27(45)30(47)41-23(16-25(38)39)29(46)40-14-13-19-11-12-20(36)15-22(19)37/h11-12,15,21,23-28H,13-14,16-18H2,1-10H3,(H,40,46)(H,41,47)(H2,42,43,49)/t21-,23-,24+,26-,27-,28+/m0/s1. The lowest BCUT2D eigenvalue weighted by atomic mass is 9.85. The molecule has 0 radical (unpaired) electrons. The molecule has 0 bridgehead atoms. The number of likely N-dealkylation sites (N-methyl/N-ethyl adjacent to an activating group) is 1. The maximum absolute atomic E-state index is 14.3. The Bertz CT molecular complexity index is 1620. The minimum Gasteiger partial charge on any atom is -0.354 e. The van der Waals surface area contributed by atoms with Crippen molar-refractivity contribution in [1.82, 2.24) is 30.5 Å². The van der Waals surface area contributed by atoms with E-state index in [4.69, 9.17) is 23.2 Å². The zero-order valence-electron chi connectivity index (χ0n) is 31.6. The maximum atomic E-state index is 14.3. The van der Waals surface area contributed by atoms with Gasteiger partial charge in [0.15, 0.2) is 0 Å². The van der Waals surface area contributed by atoms with Crippen LogP contribution < -0.4 is 21.3 Å². The number of hydrogen-bond donors (Lipinski definition) is 4. The van der Waals surface area contributed by atoms with Crippen LogP contribution in [0.1, 0.15) is 67.4 Å². The van der Waals surface area contributed by atoms with Gasteiger partial charge in [0.25, 0.3) is 0 Å². The number of nitrogens with one attached hydrogen (secondary N) is 4. The van der Waals surface area contributed by atoms with Gasteiger partial charge < -0.3 is 26.2 Å². The van der Waals surface area contributed by atoms with Crippen LogP contribution in [0.4, 0.5) is 13.6 Å². The number of halogens is 4. The molecule has 1 saturated carbocycles. The number of fused-ring (bicyclic) bond motifs is 1. The maximum Gasteiger partial charge on any atom is 0.315 e. The fourth-order valence-corrected chi connectivity index (χ4v) is 7.64. The molecule has 1 aliphatic heterocycles. The highest BCUT2D eigenvalue weighted by Crippen LogP contribution is 2.65. The molecule has 294 valence electrons. The number of alkyl halides is 2. The van der Waals surface area contributed by atoms with Crippen molar-refractivity contribution < 1.29 is 36.4 Å². The monoisotopic (exact) mass is 794 g/mol. The number of carbonyl (C=O) groups excluding carboxylic acids is 4. The van der Waals surface area contributed by atoms with Crippen LogP contribution in [0.15, 0.2) is 18.2 Å². The van der Waals surface area contributed by atoms with Gasteiger partial charge in [-0.3, -0.25) is 14.4 Å². The number of sulfonamides is 1. The van der Waals surface area contributed by atoms with Crippen LogP contribution in [-0.4, -0.2) is 105 Å². The molecular weight excluding hydrogens is 741 g/mol. The first-order valence-electron chi connectivity index (χ1n) is 17.2. The van der Waals surface area contributed by atoms with Crippen LogP contribution >= 0.6 is 23.2 Å². The molecule has 1 aliphatic carbocycles. The van der Waals surface area contributed by atoms with Crippen LogP contribution in [0, 0.1) is 28.1 Å². The van der Waals surface area contributed by atoms with Crippen LogP contribution in [0.25, 0.3) is 0 Å². The van der Waals surface area contributed by atoms with Crippen LogP contribution in [0.3, 0.4) is 0 Å². The molecular formula is C35H54Cl2F2N6O6S. The summed E-state index contributed by atoms with van der Waals surface area (Å²) in [5, 5.41) is 11.5. The summed E-state index contributed by atoms with van der Waals surface area (Å²) in [6.07, 6.45) is -2.49. The van der Waals surface area contributed by atoms with Crippen molar-refractivity contribution in [3.05, 3.63) is 33.8 Å². The van der Waals surface area contributed by atoms with Gasteiger partial charge in [-0.15, -0.1) is 0 Å². The summed E-state index contributed by atoms with van der Waals surface area (Å²) < 4.78 is 52.8. The molecule has 2 aliphatic rings. The number of hydrogen-bond acceptors (Lipinski definition) is 6. The lowest BCUT2D eigenvalue weighted by molar-refractivity contribution is -0.144. The quantitative estimate of drug-likeness (QED) is 0.220. The van der Waals surface area contributed by atoms with Gasteiger partial charge >= 0.3 is 6.03 Å². The molecule has 0 unspecified atom stereocenters. The molecule has 1 heterocycles. The molecule has 0 spiro atoms. The van der Waals surface area contributed by atoms with Gasteiger partial charge in [0.1, 0.15) is 18.1 Å². The summed E-state index contributed by atoms with van der Waals surface area (Å²) in [5.74, 6) is -2.44. The molecule has 1 aromatic carbocycles. The van der Waals surface area contributed by atoms with Gasteiger partial charge in [-0.1, -0.05) is 84.7 Å². The number of carbonyl (C=O) groups is 4. The third-order valence-electron chi connectivity index (χ3n) is 10.3. The minimum atomic E-state index is -3.54. The molecule has 5 amide bonds. The predicted octanol–water partition coefficient (Wildman–Crippen LogP) is 4.30. The number of nitrogens with zero attached hydrogens (tertiary/aromatic N) is 2. The third kappa shape index (κ3) is 10.9. The van der Waals surface area contributed by atoms with Crippen LogP contribution in [0.2, 0.25) is 10.0 Å². The van der Waals surface area contributed by atoms with E-state index >= 15 is 0 Å². The van der Waals surface area contributed by atoms with E-state index in [9.17, 15) is 36.4 Å². The fraction of sp³-hybridized carbons (Fsp3) is 0.714. The topological polar surface area (TPSA) is 157 Å². The smallest absolute Gasteiger partial charge is 0.315 e. The summed E-state index contributed by atoms with van der Waals surface area (Å²) >= 11 is 12.2. The molecule has 4 N–H and O–H groups in total. The Kier molecular flexibility index (Phi) is 13.7. The van der Waals surface area contributed by atoms with E-state index in [0.717, 1.165) is 10.6 Å². The summed E-state index contributed by atoms with van der Waals surface area (Å²) in [6.45, 7) is 15.0. The van der Waals surface area contributed by atoms with Gasteiger partial charge in [0.2, 0.25) is 34.2 Å². The first-order chi connectivity index (χ1) is 23.7. The SMILES string of the molecule is CN(C[C@@H](NC(=O)N[C@H](C(=O)N1C[C@H]2[C@@H]([C@H]1C(=O)N[C@@H](CC(F)F)C(=O)NCCc1ccc(Cl)cc1Cl)C2(C)C)C(C)(C)C)C(C)(C)C)S(C)(=O)=O. The second-order valence-electron chi connectivity index (χ2n) is 16.7. The predicted molar refractivity (Wildman–Crippen MR) is 198 cm³/mol. The second kappa shape index (κ2) is 16.3. The Hall–Kier alpha value is -2.75. The van der Waals surface area contributed by atoms with Crippen LogP contribution in [-0.2, 0) is 30.8 Å². The van der Waals surface area contributed by atoms with Crippen molar-refractivity contribution in [3.63, 3.8) is 0 Å². The van der Waals surface area contributed by atoms with Gasteiger partial charge in [-0.2, -0.15) is 0 Å². The Morgan fingerprint density at radius 1 is 1.02 bits per heavy atom. The van der Waals surface area contributed by atoms with E-state index in [2.05, 4.69) is 21.3 Å². The van der Waals surface area contributed by atoms with Crippen molar-refractivity contribution in [2.45, 2.75) is 98.8 Å². The number of benzene rings is 1. The van der Waals surface area contributed by atoms with Crippen molar-refractivity contribution >= 4 is 57.0 Å². The van der Waals surface area contributed by atoms with Gasteiger partial charge in [0.05, 0.1) is 6.26 Å². The van der Waals surface area contributed by atoms with Crippen molar-refractivity contribution in [2.75, 3.05) is 32.9 Å². The van der Waals surface area contributed by atoms with E-state index < -0.39 is 81.6 Å². The number of likely N-dealkylation sites (tertiary alicyclic amines) is 1. The summed E-state index contributed by atoms with van der Waals surface area (Å²) in [6, 6.07) is -0.230. The number of piperidine rings is 1. The van der Waals surface area contributed by atoms with E-state index in [0.29, 0.717) is 22.0 Å². The zero-order chi connectivity index (χ0) is 39.7. The molecule has 1 saturated heterocycles. The van der Waals surface area contributed by atoms with E-state index in [-0.39, 0.29) is 36.9 Å². The average Bonchev–Trinajstić information content (AvgIpc) is 3.29. The molecule has 12 nitrogen and oxygen atoms in total. The zero-order valence-corrected chi connectivity index (χ0v) is 33.9. The summed E-state index contributed by atoms with van der Waals surface area (Å²) in [4.78, 5) is 56.3. The third-order valence-corrected chi connectivity index (χ3v) is 12.1. The average molecular weight is 796 g/mol. The first kappa shape index (κ1) is 43.7. The Morgan fingerprint density at radius 3 is 2.15 bits per heavy atom. The summed E-state index contributed by atoms with van der Waals surface area (Å²) in [7, 11) is -2.13. The molecule has 3 rings (SSSR count). The molecule has 2 fully saturated rings. The minimum absolute atomic E-state index is 0.0149. The lowest BCUT2D eigenvalue weighted by Gasteiger charge is -2.39. The summed E-state index contributed by atoms with van der Waals surface area (Å²) in [5.41, 5.74) is -1.05. The Morgan fingerprint density at radius 2 is 1.63 bits per heavy atom. The highest BCUT2D eigenvalue weighted by molar-refractivity contribution is 7.88. The fourth-order valence-electron chi connectivity index (χ4n) is 6.72. The van der Waals surface area contributed by atoms with Crippen molar-refractivity contribution in [3.8, 4) is 0 Å². The van der Waals surface area contributed by atoms with Crippen LogP contribution in [0.5, 0.6) is 0 Å².